The van der Waals surface area contributed by atoms with E-state index in [-0.39, 0.29) is 0 Å². The highest BCUT2D eigenvalue weighted by Crippen LogP contribution is 2.26. The molecule has 3 rings (SSSR count). The number of fused-ring (bicyclic) bond motifs is 1. The maximum absolute atomic E-state index is 5.56. The fraction of sp³-hybridized carbons (Fsp3) is 0.375. The van der Waals surface area contributed by atoms with Gasteiger partial charge in [0, 0.05) is 18.2 Å². The second kappa shape index (κ2) is 5.49. The lowest BCUT2D eigenvalue weighted by molar-refractivity contribution is 0.686. The minimum atomic E-state index is 0.591. The molecular weight excluding hydrogens is 234 g/mol. The molecule has 0 bridgehead atoms. The molecule has 0 saturated heterocycles. The van der Waals surface area contributed by atoms with E-state index in [1.54, 1.807) is 0 Å². The number of rotatable bonds is 3. The van der Waals surface area contributed by atoms with Gasteiger partial charge in [-0.2, -0.15) is 0 Å². The molecule has 0 spiro atoms. The summed E-state index contributed by atoms with van der Waals surface area (Å²) in [6, 6.07) is 8.71. The van der Waals surface area contributed by atoms with Gasteiger partial charge >= 0.3 is 0 Å². The van der Waals surface area contributed by atoms with Crippen LogP contribution in [0.4, 0.5) is 0 Å². The Labute approximate surface area is 113 Å². The first-order valence-electron chi connectivity index (χ1n) is 7.01. The second-order valence-corrected chi connectivity index (χ2v) is 5.09. The van der Waals surface area contributed by atoms with Crippen LogP contribution in [0.5, 0.6) is 0 Å². The van der Waals surface area contributed by atoms with Gasteiger partial charge in [-0.1, -0.05) is 12.1 Å². The number of hydrogen-bond donors (Lipinski definition) is 1. The molecule has 2 aromatic rings. The van der Waals surface area contributed by atoms with Crippen LogP contribution in [0.1, 0.15) is 29.8 Å². The van der Waals surface area contributed by atoms with Crippen molar-refractivity contribution in [1.82, 2.24) is 9.97 Å². The molecule has 1 aliphatic rings. The van der Waals surface area contributed by atoms with Crippen molar-refractivity contribution in [3.63, 3.8) is 0 Å². The summed E-state index contributed by atoms with van der Waals surface area (Å²) in [5.41, 5.74) is 10.8. The van der Waals surface area contributed by atoms with E-state index in [0.717, 1.165) is 17.9 Å². The van der Waals surface area contributed by atoms with Gasteiger partial charge in [0.2, 0.25) is 0 Å². The highest BCUT2D eigenvalue weighted by Gasteiger charge is 2.10. The van der Waals surface area contributed by atoms with Crippen LogP contribution < -0.4 is 5.73 Å². The normalized spacial score (nSPS) is 14.2. The van der Waals surface area contributed by atoms with E-state index in [1.807, 2.05) is 12.3 Å². The third kappa shape index (κ3) is 2.66. The van der Waals surface area contributed by atoms with Gasteiger partial charge in [-0.3, -0.25) is 0 Å². The zero-order valence-corrected chi connectivity index (χ0v) is 11.1. The number of hydrogen-bond acceptors (Lipinski definition) is 3. The maximum atomic E-state index is 5.56. The summed E-state index contributed by atoms with van der Waals surface area (Å²) in [5.74, 6) is 0.831. The smallest absolute Gasteiger partial charge is 0.130 e. The summed E-state index contributed by atoms with van der Waals surface area (Å²) in [4.78, 5) is 8.84. The number of benzene rings is 1. The van der Waals surface area contributed by atoms with E-state index in [2.05, 4.69) is 28.2 Å². The predicted octanol–water partition coefficient (Wildman–Crippen LogP) is 2.52. The van der Waals surface area contributed by atoms with Gasteiger partial charge in [0.1, 0.15) is 5.82 Å². The molecule has 1 aliphatic carbocycles. The van der Waals surface area contributed by atoms with Gasteiger partial charge in [-0.25, -0.2) is 9.97 Å². The van der Waals surface area contributed by atoms with Crippen LogP contribution in [0.2, 0.25) is 0 Å². The summed E-state index contributed by atoms with van der Waals surface area (Å²) in [6.45, 7) is 0.591. The third-order valence-electron chi connectivity index (χ3n) is 3.72. The van der Waals surface area contributed by atoms with E-state index >= 15 is 0 Å². The molecule has 98 valence electrons. The zero-order chi connectivity index (χ0) is 13.1. The highest BCUT2D eigenvalue weighted by molar-refractivity contribution is 5.61. The van der Waals surface area contributed by atoms with Crippen LogP contribution in [-0.4, -0.2) is 16.5 Å². The Bertz CT molecular complexity index is 578. The molecule has 1 aromatic carbocycles. The van der Waals surface area contributed by atoms with Gasteiger partial charge < -0.3 is 5.73 Å². The molecule has 3 heteroatoms. The third-order valence-corrected chi connectivity index (χ3v) is 3.72. The second-order valence-electron chi connectivity index (χ2n) is 5.09. The van der Waals surface area contributed by atoms with Crippen LogP contribution in [0, 0.1) is 0 Å². The largest absolute Gasteiger partial charge is 0.330 e. The topological polar surface area (TPSA) is 51.8 Å². The summed E-state index contributed by atoms with van der Waals surface area (Å²) in [5, 5.41) is 0. The molecule has 0 amide bonds. The van der Waals surface area contributed by atoms with Gasteiger partial charge in [0.25, 0.3) is 0 Å². The Kier molecular flexibility index (Phi) is 3.56. The van der Waals surface area contributed by atoms with Crippen molar-refractivity contribution in [2.75, 3.05) is 6.54 Å². The number of aromatic nitrogens is 2. The Morgan fingerprint density at radius 1 is 1.05 bits per heavy atom. The van der Waals surface area contributed by atoms with Crippen molar-refractivity contribution < 1.29 is 0 Å². The number of aryl methyl sites for hydroxylation is 2. The van der Waals surface area contributed by atoms with E-state index in [1.165, 1.54) is 42.4 Å². The summed E-state index contributed by atoms with van der Waals surface area (Å²) in [7, 11) is 0. The van der Waals surface area contributed by atoms with Crippen LogP contribution in [0.25, 0.3) is 11.3 Å². The fourth-order valence-electron chi connectivity index (χ4n) is 2.70. The Balaban J connectivity index is 1.95. The lowest BCUT2D eigenvalue weighted by Crippen LogP contribution is -2.07. The van der Waals surface area contributed by atoms with E-state index in [9.17, 15) is 0 Å². The lowest BCUT2D eigenvalue weighted by Gasteiger charge is -2.16. The van der Waals surface area contributed by atoms with Crippen molar-refractivity contribution in [2.24, 2.45) is 5.73 Å². The Morgan fingerprint density at radius 2 is 1.89 bits per heavy atom. The van der Waals surface area contributed by atoms with Gasteiger partial charge in [-0.05, 0) is 55.5 Å². The molecular formula is C16H19N3. The molecule has 0 atom stereocenters. The quantitative estimate of drug-likeness (QED) is 0.914. The maximum Gasteiger partial charge on any atom is 0.130 e. The summed E-state index contributed by atoms with van der Waals surface area (Å²) in [6.07, 6.45) is 7.60. The zero-order valence-electron chi connectivity index (χ0n) is 11.1. The average molecular weight is 253 g/mol. The molecule has 0 saturated carbocycles. The van der Waals surface area contributed by atoms with Crippen molar-refractivity contribution in [3.05, 3.63) is 47.4 Å². The molecule has 1 aromatic heterocycles. The van der Waals surface area contributed by atoms with E-state index < -0.39 is 0 Å². The standard InChI is InChI=1S/C16H19N3/c17-9-7-16-18-10-8-15(19-16)14-6-5-12-3-1-2-4-13(12)11-14/h5-6,8,10-11H,1-4,7,9,17H2. The first kappa shape index (κ1) is 12.3. The van der Waals surface area contributed by atoms with Crippen molar-refractivity contribution in [1.29, 1.82) is 0 Å². The van der Waals surface area contributed by atoms with Crippen molar-refractivity contribution in [3.8, 4) is 11.3 Å². The minimum Gasteiger partial charge on any atom is -0.330 e. The SMILES string of the molecule is NCCc1nccc(-c2ccc3c(c2)CCCC3)n1. The molecule has 0 unspecified atom stereocenters. The Morgan fingerprint density at radius 3 is 2.74 bits per heavy atom. The summed E-state index contributed by atoms with van der Waals surface area (Å²) >= 11 is 0. The minimum absolute atomic E-state index is 0.591. The Hall–Kier alpha value is -1.74. The first-order chi connectivity index (χ1) is 9.36. The van der Waals surface area contributed by atoms with Crippen LogP contribution >= 0.6 is 0 Å². The van der Waals surface area contributed by atoms with Gasteiger partial charge in [0.15, 0.2) is 0 Å². The van der Waals surface area contributed by atoms with E-state index in [4.69, 9.17) is 5.73 Å². The molecule has 0 radical (unpaired) electrons. The van der Waals surface area contributed by atoms with Crippen LogP contribution in [0.15, 0.2) is 30.5 Å². The highest BCUT2D eigenvalue weighted by atomic mass is 14.9. The number of nitrogens with zero attached hydrogens (tertiary/aromatic N) is 2. The van der Waals surface area contributed by atoms with Crippen molar-refractivity contribution >= 4 is 0 Å². The average Bonchev–Trinajstić information content (AvgIpc) is 2.47. The number of nitrogens with two attached hydrogens (primary N) is 1. The first-order valence-corrected chi connectivity index (χ1v) is 7.01. The van der Waals surface area contributed by atoms with Crippen LogP contribution in [-0.2, 0) is 19.3 Å². The molecule has 3 nitrogen and oxygen atoms in total. The molecule has 1 heterocycles. The predicted molar refractivity (Wildman–Crippen MR) is 76.9 cm³/mol. The fourth-order valence-corrected chi connectivity index (χ4v) is 2.70. The molecule has 0 fully saturated rings. The molecule has 2 N–H and O–H groups in total. The molecule has 19 heavy (non-hydrogen) atoms. The van der Waals surface area contributed by atoms with E-state index in [0.29, 0.717) is 6.54 Å². The monoisotopic (exact) mass is 253 g/mol. The summed E-state index contributed by atoms with van der Waals surface area (Å²) < 4.78 is 0. The van der Waals surface area contributed by atoms with Gasteiger partial charge in [0.05, 0.1) is 5.69 Å². The van der Waals surface area contributed by atoms with Gasteiger partial charge in [-0.15, -0.1) is 0 Å². The molecule has 0 aliphatic heterocycles. The van der Waals surface area contributed by atoms with Crippen molar-refractivity contribution in [2.45, 2.75) is 32.1 Å². The lowest BCUT2D eigenvalue weighted by atomic mass is 9.90. The van der Waals surface area contributed by atoms with Crippen LogP contribution in [0.3, 0.4) is 0 Å².